The van der Waals surface area contributed by atoms with Crippen molar-refractivity contribution in [3.63, 3.8) is 0 Å². The maximum Gasteiger partial charge on any atom is 0.266 e. The third-order valence-corrected chi connectivity index (χ3v) is 6.15. The molecule has 0 aliphatic carbocycles. The van der Waals surface area contributed by atoms with Crippen LogP contribution in [-0.4, -0.2) is 31.5 Å². The van der Waals surface area contributed by atoms with Gasteiger partial charge in [-0.15, -0.1) is 0 Å². The number of unbranched alkanes of at least 4 members (excludes halogenated alkanes) is 1. The summed E-state index contributed by atoms with van der Waals surface area (Å²) in [7, 11) is 0. The molecule has 4 nitrogen and oxygen atoms in total. The maximum absolute atomic E-state index is 13.4. The summed E-state index contributed by atoms with van der Waals surface area (Å²) in [5, 5.41) is 4.72. The molecular formula is C23H20FN3OS2. The lowest BCUT2D eigenvalue weighted by molar-refractivity contribution is -0.122. The van der Waals surface area contributed by atoms with Crippen LogP contribution in [0.3, 0.4) is 0 Å². The van der Waals surface area contributed by atoms with Gasteiger partial charge in [-0.3, -0.25) is 9.69 Å². The molecule has 0 saturated carbocycles. The van der Waals surface area contributed by atoms with Crippen molar-refractivity contribution in [3.05, 3.63) is 77.1 Å². The highest BCUT2D eigenvalue weighted by molar-refractivity contribution is 8.26. The Morgan fingerprint density at radius 3 is 2.57 bits per heavy atom. The van der Waals surface area contributed by atoms with Gasteiger partial charge in [0, 0.05) is 23.9 Å². The molecule has 2 aromatic carbocycles. The second-order valence-electron chi connectivity index (χ2n) is 6.91. The highest BCUT2D eigenvalue weighted by Crippen LogP contribution is 2.35. The first-order valence-corrected chi connectivity index (χ1v) is 11.0. The summed E-state index contributed by atoms with van der Waals surface area (Å²) in [6, 6.07) is 15.9. The number of carbonyl (C=O) groups excluding carboxylic acids is 1. The van der Waals surface area contributed by atoms with Crippen molar-refractivity contribution in [1.29, 1.82) is 0 Å². The van der Waals surface area contributed by atoms with Gasteiger partial charge in [0.05, 0.1) is 16.3 Å². The standard InChI is InChI=1S/C23H20FN3OS2/c1-2-3-13-26-22(28)20(30-23(26)29)14-17-15-27(19-7-5-4-6-8-19)25-21(17)16-9-11-18(24)12-10-16/h4-12,14-15H,2-3,13H2,1H3/b20-14-. The Bertz CT molecular complexity index is 1110. The van der Waals surface area contributed by atoms with E-state index in [9.17, 15) is 9.18 Å². The number of carbonyl (C=O) groups is 1. The number of amides is 1. The van der Waals surface area contributed by atoms with Crippen LogP contribution in [-0.2, 0) is 4.79 Å². The Kier molecular flexibility index (Phi) is 6.11. The molecule has 1 aromatic heterocycles. The molecule has 2 heterocycles. The van der Waals surface area contributed by atoms with Gasteiger partial charge in [-0.05, 0) is 48.9 Å². The van der Waals surface area contributed by atoms with E-state index in [1.54, 1.807) is 21.7 Å². The molecule has 1 amide bonds. The molecule has 0 atom stereocenters. The second-order valence-corrected chi connectivity index (χ2v) is 8.58. The lowest BCUT2D eigenvalue weighted by Crippen LogP contribution is -2.28. The molecular weight excluding hydrogens is 417 g/mol. The molecule has 152 valence electrons. The van der Waals surface area contributed by atoms with Crippen LogP contribution in [0.5, 0.6) is 0 Å². The minimum atomic E-state index is -0.306. The molecule has 0 bridgehead atoms. The van der Waals surface area contributed by atoms with E-state index in [0.29, 0.717) is 21.5 Å². The van der Waals surface area contributed by atoms with Crippen LogP contribution in [0.4, 0.5) is 4.39 Å². The summed E-state index contributed by atoms with van der Waals surface area (Å²) < 4.78 is 15.8. The minimum absolute atomic E-state index is 0.0732. The summed E-state index contributed by atoms with van der Waals surface area (Å²) in [4.78, 5) is 15.1. The smallest absolute Gasteiger partial charge is 0.266 e. The van der Waals surface area contributed by atoms with E-state index in [1.165, 1.54) is 23.9 Å². The molecule has 0 radical (unpaired) electrons. The average Bonchev–Trinajstić information content (AvgIpc) is 3.29. The van der Waals surface area contributed by atoms with Gasteiger partial charge in [0.2, 0.25) is 0 Å². The van der Waals surface area contributed by atoms with Gasteiger partial charge in [-0.1, -0.05) is 55.5 Å². The van der Waals surface area contributed by atoms with E-state index in [4.69, 9.17) is 17.3 Å². The highest BCUT2D eigenvalue weighted by Gasteiger charge is 2.31. The number of rotatable bonds is 6. The van der Waals surface area contributed by atoms with E-state index in [-0.39, 0.29) is 11.7 Å². The summed E-state index contributed by atoms with van der Waals surface area (Å²) in [6.45, 7) is 2.72. The SMILES string of the molecule is CCCCN1C(=O)/C(=C/c2cn(-c3ccccc3)nc2-c2ccc(F)cc2)SC1=S. The molecule has 0 spiro atoms. The van der Waals surface area contributed by atoms with Crippen molar-refractivity contribution in [2.45, 2.75) is 19.8 Å². The van der Waals surface area contributed by atoms with Crippen molar-refractivity contribution in [1.82, 2.24) is 14.7 Å². The van der Waals surface area contributed by atoms with Crippen LogP contribution in [0.25, 0.3) is 23.0 Å². The first kappa shape index (κ1) is 20.5. The maximum atomic E-state index is 13.4. The monoisotopic (exact) mass is 437 g/mol. The number of halogens is 1. The van der Waals surface area contributed by atoms with Gasteiger partial charge in [-0.25, -0.2) is 9.07 Å². The molecule has 3 aromatic rings. The normalized spacial score (nSPS) is 15.4. The number of aromatic nitrogens is 2. The van der Waals surface area contributed by atoms with Crippen LogP contribution in [0.1, 0.15) is 25.3 Å². The van der Waals surface area contributed by atoms with Crippen LogP contribution < -0.4 is 0 Å². The zero-order valence-corrected chi connectivity index (χ0v) is 18.0. The number of hydrogen-bond donors (Lipinski definition) is 0. The molecule has 4 rings (SSSR count). The summed E-state index contributed by atoms with van der Waals surface area (Å²) in [5.74, 6) is -0.379. The van der Waals surface area contributed by atoms with Crippen molar-refractivity contribution in [2.75, 3.05) is 6.54 Å². The van der Waals surface area contributed by atoms with Gasteiger partial charge in [0.25, 0.3) is 5.91 Å². The third-order valence-electron chi connectivity index (χ3n) is 4.78. The van der Waals surface area contributed by atoms with Crippen LogP contribution in [0.2, 0.25) is 0 Å². The number of para-hydroxylation sites is 1. The number of thioether (sulfide) groups is 1. The molecule has 0 unspecified atom stereocenters. The largest absolute Gasteiger partial charge is 0.293 e. The van der Waals surface area contributed by atoms with Gasteiger partial charge in [0.1, 0.15) is 10.1 Å². The van der Waals surface area contributed by atoms with Crippen LogP contribution in [0, 0.1) is 5.82 Å². The molecule has 1 aliphatic heterocycles. The highest BCUT2D eigenvalue weighted by atomic mass is 32.2. The van der Waals surface area contributed by atoms with Crippen LogP contribution in [0.15, 0.2) is 65.7 Å². The average molecular weight is 438 g/mol. The third kappa shape index (κ3) is 4.22. The predicted molar refractivity (Wildman–Crippen MR) is 124 cm³/mol. The van der Waals surface area contributed by atoms with Crippen molar-refractivity contribution in [3.8, 4) is 16.9 Å². The second kappa shape index (κ2) is 8.93. The van der Waals surface area contributed by atoms with E-state index in [2.05, 4.69) is 6.92 Å². The number of nitrogens with zero attached hydrogens (tertiary/aromatic N) is 3. The molecule has 0 N–H and O–H groups in total. The molecule has 30 heavy (non-hydrogen) atoms. The zero-order chi connectivity index (χ0) is 21.1. The fourth-order valence-electron chi connectivity index (χ4n) is 3.19. The number of benzene rings is 2. The lowest BCUT2D eigenvalue weighted by atomic mass is 10.1. The Balaban J connectivity index is 1.76. The zero-order valence-electron chi connectivity index (χ0n) is 16.4. The topological polar surface area (TPSA) is 38.1 Å². The fraction of sp³-hybridized carbons (Fsp3) is 0.174. The van der Waals surface area contributed by atoms with Gasteiger partial charge in [-0.2, -0.15) is 5.10 Å². The van der Waals surface area contributed by atoms with Gasteiger partial charge >= 0.3 is 0 Å². The van der Waals surface area contributed by atoms with Crippen molar-refractivity contribution in [2.24, 2.45) is 0 Å². The molecule has 7 heteroatoms. The quantitative estimate of drug-likeness (QED) is 0.367. The number of hydrogen-bond acceptors (Lipinski definition) is 4. The molecule has 1 aliphatic rings. The Morgan fingerprint density at radius 1 is 1.13 bits per heavy atom. The predicted octanol–water partition coefficient (Wildman–Crippen LogP) is 5.68. The Labute approximate surface area is 184 Å². The number of thiocarbonyl (C=S) groups is 1. The van der Waals surface area contributed by atoms with Gasteiger partial charge in [0.15, 0.2) is 0 Å². The Hall–Kier alpha value is -2.77. The van der Waals surface area contributed by atoms with Crippen molar-refractivity contribution < 1.29 is 9.18 Å². The first-order valence-electron chi connectivity index (χ1n) is 9.73. The molecule has 1 saturated heterocycles. The molecule has 1 fully saturated rings. The lowest BCUT2D eigenvalue weighted by Gasteiger charge is -2.12. The van der Waals surface area contributed by atoms with E-state index >= 15 is 0 Å². The van der Waals surface area contributed by atoms with Crippen LogP contribution >= 0.6 is 24.0 Å². The van der Waals surface area contributed by atoms with Gasteiger partial charge < -0.3 is 0 Å². The van der Waals surface area contributed by atoms with E-state index in [1.807, 2.05) is 42.6 Å². The van der Waals surface area contributed by atoms with E-state index < -0.39 is 0 Å². The Morgan fingerprint density at radius 2 is 1.87 bits per heavy atom. The van der Waals surface area contributed by atoms with Crippen molar-refractivity contribution >= 4 is 40.3 Å². The summed E-state index contributed by atoms with van der Waals surface area (Å²) in [5.41, 5.74) is 3.13. The minimum Gasteiger partial charge on any atom is -0.293 e. The van der Waals surface area contributed by atoms with E-state index in [0.717, 1.165) is 29.7 Å². The fourth-order valence-corrected chi connectivity index (χ4v) is 4.49. The summed E-state index contributed by atoms with van der Waals surface area (Å²) >= 11 is 6.72. The first-order chi connectivity index (χ1) is 14.6. The summed E-state index contributed by atoms with van der Waals surface area (Å²) in [6.07, 6.45) is 5.62.